The van der Waals surface area contributed by atoms with Crippen molar-refractivity contribution in [3.8, 4) is 0 Å². The summed E-state index contributed by atoms with van der Waals surface area (Å²) < 4.78 is 13.1. The van der Waals surface area contributed by atoms with E-state index in [0.29, 0.717) is 11.8 Å². The SMILES string of the molecule is CN[C@]1(C)C[C@H]([C@@H]2CCC[C@H]2c2ccc(F)cc2)NC1=O. The molecule has 1 aliphatic carbocycles. The van der Waals surface area contributed by atoms with Gasteiger partial charge < -0.3 is 10.6 Å². The van der Waals surface area contributed by atoms with Crippen molar-refractivity contribution < 1.29 is 9.18 Å². The molecule has 1 heterocycles. The Balaban J connectivity index is 1.79. The average Bonchev–Trinajstić information content (AvgIpc) is 3.06. The van der Waals surface area contributed by atoms with Crippen molar-refractivity contribution in [1.82, 2.24) is 10.6 Å². The van der Waals surface area contributed by atoms with E-state index in [1.54, 1.807) is 0 Å². The Labute approximate surface area is 125 Å². The predicted molar refractivity (Wildman–Crippen MR) is 80.5 cm³/mol. The number of benzene rings is 1. The lowest BCUT2D eigenvalue weighted by Gasteiger charge is -2.27. The van der Waals surface area contributed by atoms with Crippen molar-refractivity contribution in [2.45, 2.75) is 50.1 Å². The van der Waals surface area contributed by atoms with Gasteiger partial charge in [0.2, 0.25) is 5.91 Å². The molecular weight excluding hydrogens is 267 g/mol. The molecule has 21 heavy (non-hydrogen) atoms. The molecule has 2 fully saturated rings. The van der Waals surface area contributed by atoms with Crippen LogP contribution in [0, 0.1) is 11.7 Å². The Bertz CT molecular complexity index is 530. The maximum Gasteiger partial charge on any atom is 0.240 e. The second kappa shape index (κ2) is 5.41. The third kappa shape index (κ3) is 2.57. The van der Waals surface area contributed by atoms with Crippen molar-refractivity contribution >= 4 is 5.91 Å². The highest BCUT2D eigenvalue weighted by Gasteiger charge is 2.47. The lowest BCUT2D eigenvalue weighted by molar-refractivity contribution is -0.124. The van der Waals surface area contributed by atoms with E-state index in [9.17, 15) is 9.18 Å². The van der Waals surface area contributed by atoms with Crippen LogP contribution in [0.3, 0.4) is 0 Å². The number of hydrogen-bond acceptors (Lipinski definition) is 2. The van der Waals surface area contributed by atoms with Gasteiger partial charge >= 0.3 is 0 Å². The molecule has 2 N–H and O–H groups in total. The zero-order chi connectivity index (χ0) is 15.0. The second-order valence-electron chi connectivity index (χ2n) is 6.62. The summed E-state index contributed by atoms with van der Waals surface area (Å²) in [6.45, 7) is 1.96. The molecule has 0 spiro atoms. The minimum Gasteiger partial charge on any atom is -0.351 e. The van der Waals surface area contributed by atoms with Crippen LogP contribution in [0.1, 0.15) is 44.1 Å². The third-order valence-corrected chi connectivity index (χ3v) is 5.38. The van der Waals surface area contributed by atoms with Crippen molar-refractivity contribution in [2.24, 2.45) is 5.92 Å². The highest BCUT2D eigenvalue weighted by atomic mass is 19.1. The minimum absolute atomic E-state index is 0.0970. The largest absolute Gasteiger partial charge is 0.351 e. The first-order valence-corrected chi connectivity index (χ1v) is 7.79. The number of halogens is 1. The summed E-state index contributed by atoms with van der Waals surface area (Å²) in [5, 5.41) is 6.32. The average molecular weight is 290 g/mol. The van der Waals surface area contributed by atoms with Gasteiger partial charge in [0.15, 0.2) is 0 Å². The van der Waals surface area contributed by atoms with Crippen LogP contribution in [0.4, 0.5) is 4.39 Å². The van der Waals surface area contributed by atoms with Gasteiger partial charge in [-0.3, -0.25) is 4.79 Å². The smallest absolute Gasteiger partial charge is 0.240 e. The molecule has 1 aromatic carbocycles. The fourth-order valence-electron chi connectivity index (χ4n) is 3.98. The quantitative estimate of drug-likeness (QED) is 0.898. The number of rotatable bonds is 3. The summed E-state index contributed by atoms with van der Waals surface area (Å²) in [6.07, 6.45) is 4.26. The van der Waals surface area contributed by atoms with Crippen LogP contribution in [-0.2, 0) is 4.79 Å². The van der Waals surface area contributed by atoms with Crippen LogP contribution in [-0.4, -0.2) is 24.5 Å². The Hall–Kier alpha value is -1.42. The standard InChI is InChI=1S/C17H23FN2O/c1-17(19-2)10-15(20-16(17)21)14-5-3-4-13(14)11-6-8-12(18)9-7-11/h6-9,13-15,19H,3-5,10H2,1-2H3,(H,20,21)/t13-,14+,15+,17+/m0/s1. The summed E-state index contributed by atoms with van der Waals surface area (Å²) in [7, 11) is 1.84. The number of amides is 1. The van der Waals surface area contributed by atoms with Gasteiger partial charge in [-0.1, -0.05) is 18.6 Å². The van der Waals surface area contributed by atoms with E-state index in [1.165, 1.54) is 24.1 Å². The van der Waals surface area contributed by atoms with Gasteiger partial charge in [0, 0.05) is 6.04 Å². The van der Waals surface area contributed by atoms with Gasteiger partial charge in [0.1, 0.15) is 5.82 Å². The molecule has 4 atom stereocenters. The molecule has 1 aliphatic heterocycles. The fraction of sp³-hybridized carbons (Fsp3) is 0.588. The molecule has 3 rings (SSSR count). The molecular formula is C17H23FN2O. The van der Waals surface area contributed by atoms with E-state index >= 15 is 0 Å². The predicted octanol–water partition coefficient (Wildman–Crippen LogP) is 2.58. The van der Waals surface area contributed by atoms with Gasteiger partial charge in [0.05, 0.1) is 5.54 Å². The molecule has 0 radical (unpaired) electrons. The van der Waals surface area contributed by atoms with Crippen LogP contribution in [0.25, 0.3) is 0 Å². The third-order valence-electron chi connectivity index (χ3n) is 5.38. The number of carbonyl (C=O) groups excluding carboxylic acids is 1. The molecule has 114 valence electrons. The summed E-state index contributed by atoms with van der Waals surface area (Å²) in [6, 6.07) is 7.08. The van der Waals surface area contributed by atoms with Crippen LogP contribution >= 0.6 is 0 Å². The molecule has 1 saturated carbocycles. The minimum atomic E-state index is -0.458. The monoisotopic (exact) mass is 290 g/mol. The molecule has 3 nitrogen and oxygen atoms in total. The molecule has 0 unspecified atom stereocenters. The fourth-order valence-corrected chi connectivity index (χ4v) is 3.98. The highest BCUT2D eigenvalue weighted by Crippen LogP contribution is 2.44. The van der Waals surface area contributed by atoms with Gasteiger partial charge in [-0.2, -0.15) is 0 Å². The topological polar surface area (TPSA) is 41.1 Å². The van der Waals surface area contributed by atoms with Gasteiger partial charge in [0.25, 0.3) is 0 Å². The molecule has 0 aromatic heterocycles. The van der Waals surface area contributed by atoms with Crippen molar-refractivity contribution in [3.63, 3.8) is 0 Å². The van der Waals surface area contributed by atoms with Crippen molar-refractivity contribution in [2.75, 3.05) is 7.05 Å². The summed E-state index contributed by atoms with van der Waals surface area (Å²) >= 11 is 0. The Morgan fingerprint density at radius 3 is 2.62 bits per heavy atom. The molecule has 4 heteroatoms. The molecule has 2 aliphatic rings. The molecule has 1 saturated heterocycles. The lowest BCUT2D eigenvalue weighted by Crippen LogP contribution is -2.46. The summed E-state index contributed by atoms with van der Waals surface area (Å²) in [5.41, 5.74) is 0.742. The Morgan fingerprint density at radius 1 is 1.29 bits per heavy atom. The first kappa shape index (κ1) is 14.5. The van der Waals surface area contributed by atoms with Crippen LogP contribution < -0.4 is 10.6 Å². The van der Waals surface area contributed by atoms with E-state index in [1.807, 2.05) is 26.1 Å². The van der Waals surface area contributed by atoms with E-state index in [2.05, 4.69) is 10.6 Å². The van der Waals surface area contributed by atoms with E-state index < -0.39 is 5.54 Å². The van der Waals surface area contributed by atoms with Crippen LogP contribution in [0.2, 0.25) is 0 Å². The lowest BCUT2D eigenvalue weighted by atomic mass is 9.81. The van der Waals surface area contributed by atoms with E-state index in [0.717, 1.165) is 19.3 Å². The maximum atomic E-state index is 13.1. The van der Waals surface area contributed by atoms with Crippen LogP contribution in [0.5, 0.6) is 0 Å². The number of likely N-dealkylation sites (N-methyl/N-ethyl adjacent to an activating group) is 1. The zero-order valence-corrected chi connectivity index (χ0v) is 12.7. The first-order chi connectivity index (χ1) is 10.0. The Morgan fingerprint density at radius 2 is 2.00 bits per heavy atom. The van der Waals surface area contributed by atoms with Crippen molar-refractivity contribution in [3.05, 3.63) is 35.6 Å². The molecule has 1 amide bonds. The Kier molecular flexibility index (Phi) is 3.74. The van der Waals surface area contributed by atoms with E-state index in [-0.39, 0.29) is 17.8 Å². The van der Waals surface area contributed by atoms with Crippen molar-refractivity contribution in [1.29, 1.82) is 0 Å². The van der Waals surface area contributed by atoms with Gasteiger partial charge in [-0.25, -0.2) is 4.39 Å². The number of nitrogens with one attached hydrogen (secondary N) is 2. The zero-order valence-electron chi connectivity index (χ0n) is 12.7. The van der Waals surface area contributed by atoms with Gasteiger partial charge in [-0.05, 0) is 62.8 Å². The number of carbonyl (C=O) groups is 1. The summed E-state index contributed by atoms with van der Waals surface area (Å²) in [4.78, 5) is 12.2. The summed E-state index contributed by atoms with van der Waals surface area (Å²) in [5.74, 6) is 0.787. The van der Waals surface area contributed by atoms with Crippen LogP contribution in [0.15, 0.2) is 24.3 Å². The first-order valence-electron chi connectivity index (χ1n) is 7.79. The number of hydrogen-bond donors (Lipinski definition) is 2. The maximum absolute atomic E-state index is 13.1. The van der Waals surface area contributed by atoms with E-state index in [4.69, 9.17) is 0 Å². The second-order valence-corrected chi connectivity index (χ2v) is 6.62. The molecule has 1 aromatic rings. The highest BCUT2D eigenvalue weighted by molar-refractivity contribution is 5.88. The normalized spacial score (nSPS) is 36.0. The molecule has 0 bridgehead atoms. The van der Waals surface area contributed by atoms with Gasteiger partial charge in [-0.15, -0.1) is 0 Å².